The molecule has 0 aromatic heterocycles. The first-order chi connectivity index (χ1) is 8.23. The minimum absolute atomic E-state index is 0.0197. The molecule has 0 aromatic rings. The predicted molar refractivity (Wildman–Crippen MR) is 75.9 cm³/mol. The quantitative estimate of drug-likeness (QED) is 0.739. The highest BCUT2D eigenvalue weighted by Gasteiger charge is 2.28. The van der Waals surface area contributed by atoms with Gasteiger partial charge in [-0.2, -0.15) is 11.8 Å². The molecule has 1 amide bonds. The number of carboxylic acid groups (broad SMARTS) is 1. The normalized spacial score (nSPS) is 13.2. The Labute approximate surface area is 114 Å². The maximum absolute atomic E-state index is 12.1. The van der Waals surface area contributed by atoms with Crippen molar-refractivity contribution in [2.75, 3.05) is 19.1 Å². The molecule has 1 N–H and O–H groups in total. The van der Waals surface area contributed by atoms with E-state index in [2.05, 4.69) is 6.92 Å². The van der Waals surface area contributed by atoms with Crippen LogP contribution in [0.3, 0.4) is 0 Å². The molecule has 0 heterocycles. The summed E-state index contributed by atoms with van der Waals surface area (Å²) in [5, 5.41) is 8.81. The Kier molecular flexibility index (Phi) is 7.36. The van der Waals surface area contributed by atoms with Gasteiger partial charge in [0.2, 0.25) is 5.91 Å². The molecule has 106 valence electrons. The fraction of sp³-hybridized carbons (Fsp3) is 0.846. The van der Waals surface area contributed by atoms with Crippen LogP contribution in [0, 0.1) is 5.41 Å². The van der Waals surface area contributed by atoms with Gasteiger partial charge in [-0.15, -0.1) is 0 Å². The lowest BCUT2D eigenvalue weighted by Gasteiger charge is -2.30. The van der Waals surface area contributed by atoms with Crippen molar-refractivity contribution >= 4 is 23.6 Å². The first-order valence-corrected chi connectivity index (χ1v) is 7.59. The van der Waals surface area contributed by atoms with Crippen molar-refractivity contribution in [1.82, 2.24) is 4.90 Å². The summed E-state index contributed by atoms with van der Waals surface area (Å²) in [5.74, 6) is 0.0896. The van der Waals surface area contributed by atoms with Crippen LogP contribution in [0.1, 0.15) is 40.0 Å². The number of carbonyl (C=O) groups is 2. The summed E-state index contributed by atoms with van der Waals surface area (Å²) in [4.78, 5) is 24.6. The van der Waals surface area contributed by atoms with Crippen LogP contribution in [0.15, 0.2) is 0 Å². The van der Waals surface area contributed by atoms with E-state index in [-0.39, 0.29) is 24.8 Å². The Bertz CT molecular complexity index is 292. The van der Waals surface area contributed by atoms with Crippen LogP contribution in [0.5, 0.6) is 0 Å². The van der Waals surface area contributed by atoms with Gasteiger partial charge in [0, 0.05) is 25.3 Å². The Morgan fingerprint density at radius 2 is 1.89 bits per heavy atom. The molecule has 18 heavy (non-hydrogen) atoms. The summed E-state index contributed by atoms with van der Waals surface area (Å²) >= 11 is 1.72. The van der Waals surface area contributed by atoms with E-state index in [1.165, 1.54) is 0 Å². The van der Waals surface area contributed by atoms with Crippen molar-refractivity contribution < 1.29 is 14.7 Å². The van der Waals surface area contributed by atoms with Crippen LogP contribution in [-0.2, 0) is 9.59 Å². The third kappa shape index (κ3) is 6.28. The lowest BCUT2D eigenvalue weighted by Crippen LogP contribution is -2.40. The molecule has 0 radical (unpaired) electrons. The highest BCUT2D eigenvalue weighted by atomic mass is 32.2. The fourth-order valence-electron chi connectivity index (χ4n) is 1.91. The summed E-state index contributed by atoms with van der Waals surface area (Å²) in [5.41, 5.74) is -0.491. The number of hydrogen-bond acceptors (Lipinski definition) is 3. The van der Waals surface area contributed by atoms with Crippen molar-refractivity contribution in [3.05, 3.63) is 0 Å². The van der Waals surface area contributed by atoms with E-state index in [0.717, 1.165) is 12.2 Å². The van der Waals surface area contributed by atoms with E-state index in [4.69, 9.17) is 5.11 Å². The van der Waals surface area contributed by atoms with Gasteiger partial charge in [0.1, 0.15) is 0 Å². The summed E-state index contributed by atoms with van der Waals surface area (Å²) in [7, 11) is 1.81. The molecule has 1 atom stereocenters. The van der Waals surface area contributed by atoms with Crippen LogP contribution >= 0.6 is 11.8 Å². The number of amides is 1. The highest BCUT2D eigenvalue weighted by molar-refractivity contribution is 7.98. The number of aliphatic carboxylic acids is 1. The molecule has 0 fully saturated rings. The number of rotatable bonds is 8. The molecule has 0 aliphatic rings. The second kappa shape index (κ2) is 7.67. The minimum Gasteiger partial charge on any atom is -0.481 e. The van der Waals surface area contributed by atoms with Crippen molar-refractivity contribution in [2.45, 2.75) is 46.1 Å². The molecule has 0 bridgehead atoms. The largest absolute Gasteiger partial charge is 0.481 e. The van der Waals surface area contributed by atoms with Gasteiger partial charge in [-0.1, -0.05) is 20.8 Å². The molecular formula is C13H25NO3S. The van der Waals surface area contributed by atoms with Crippen molar-refractivity contribution in [1.29, 1.82) is 0 Å². The maximum Gasteiger partial charge on any atom is 0.303 e. The second-order valence-corrected chi connectivity index (χ2v) is 6.34. The fourth-order valence-corrected chi connectivity index (χ4v) is 2.75. The van der Waals surface area contributed by atoms with Crippen molar-refractivity contribution in [3.63, 3.8) is 0 Å². The van der Waals surface area contributed by atoms with Crippen LogP contribution in [0.4, 0.5) is 0 Å². The number of carbonyl (C=O) groups excluding carboxylic acids is 1. The van der Waals surface area contributed by atoms with Crippen LogP contribution < -0.4 is 0 Å². The number of hydrogen-bond donors (Lipinski definition) is 1. The van der Waals surface area contributed by atoms with Crippen LogP contribution in [0.2, 0.25) is 0 Å². The van der Waals surface area contributed by atoms with Gasteiger partial charge < -0.3 is 10.0 Å². The van der Waals surface area contributed by atoms with E-state index in [9.17, 15) is 9.59 Å². The topological polar surface area (TPSA) is 57.6 Å². The molecule has 0 aliphatic carbocycles. The molecule has 0 aromatic carbocycles. The zero-order chi connectivity index (χ0) is 14.3. The highest BCUT2D eigenvalue weighted by Crippen LogP contribution is 2.26. The standard InChI is InChI=1S/C13H25NO3S/c1-6-10(9-18-5)14(4)11(15)7-13(2,3)8-12(16)17/h10H,6-9H2,1-5H3,(H,16,17). The zero-order valence-corrected chi connectivity index (χ0v) is 12.8. The van der Waals surface area contributed by atoms with E-state index in [1.54, 1.807) is 16.7 Å². The first-order valence-electron chi connectivity index (χ1n) is 6.20. The SMILES string of the molecule is CCC(CSC)N(C)C(=O)CC(C)(C)CC(=O)O. The molecule has 0 spiro atoms. The smallest absolute Gasteiger partial charge is 0.303 e. The van der Waals surface area contributed by atoms with Gasteiger partial charge in [0.25, 0.3) is 0 Å². The van der Waals surface area contributed by atoms with Gasteiger partial charge in [-0.3, -0.25) is 9.59 Å². The number of thioether (sulfide) groups is 1. The van der Waals surface area contributed by atoms with E-state index in [1.807, 2.05) is 27.2 Å². The van der Waals surface area contributed by atoms with Crippen molar-refractivity contribution in [2.24, 2.45) is 5.41 Å². The Morgan fingerprint density at radius 1 is 1.33 bits per heavy atom. The molecule has 5 heteroatoms. The zero-order valence-electron chi connectivity index (χ0n) is 12.0. The Hall–Kier alpha value is -0.710. The van der Waals surface area contributed by atoms with Gasteiger partial charge >= 0.3 is 5.97 Å². The molecule has 0 saturated heterocycles. The summed E-state index contributed by atoms with van der Waals surface area (Å²) in [6.45, 7) is 5.71. The number of nitrogens with zero attached hydrogens (tertiary/aromatic N) is 1. The average molecular weight is 275 g/mol. The predicted octanol–water partition coefficient (Wildman–Crippen LogP) is 2.48. The lowest BCUT2D eigenvalue weighted by atomic mass is 9.85. The van der Waals surface area contributed by atoms with E-state index in [0.29, 0.717) is 0 Å². The molecule has 0 saturated carbocycles. The van der Waals surface area contributed by atoms with Gasteiger partial charge in [0.15, 0.2) is 0 Å². The monoisotopic (exact) mass is 275 g/mol. The van der Waals surface area contributed by atoms with Gasteiger partial charge in [-0.25, -0.2) is 0 Å². The van der Waals surface area contributed by atoms with E-state index < -0.39 is 11.4 Å². The second-order valence-electron chi connectivity index (χ2n) is 5.43. The Morgan fingerprint density at radius 3 is 2.28 bits per heavy atom. The lowest BCUT2D eigenvalue weighted by molar-refractivity contribution is -0.140. The molecule has 0 rings (SSSR count). The Balaban J connectivity index is 4.50. The number of carboxylic acids is 1. The van der Waals surface area contributed by atoms with Crippen LogP contribution in [0.25, 0.3) is 0 Å². The average Bonchev–Trinajstić information content (AvgIpc) is 2.22. The van der Waals surface area contributed by atoms with Crippen molar-refractivity contribution in [3.8, 4) is 0 Å². The molecular weight excluding hydrogens is 250 g/mol. The van der Waals surface area contributed by atoms with Gasteiger partial charge in [-0.05, 0) is 18.1 Å². The van der Waals surface area contributed by atoms with Gasteiger partial charge in [0.05, 0.1) is 6.42 Å². The first kappa shape index (κ1) is 17.3. The summed E-state index contributed by atoms with van der Waals surface area (Å²) in [6.07, 6.45) is 3.24. The maximum atomic E-state index is 12.1. The molecule has 1 unspecified atom stereocenters. The van der Waals surface area contributed by atoms with Crippen LogP contribution in [-0.4, -0.2) is 47.0 Å². The summed E-state index contributed by atoms with van der Waals surface area (Å²) in [6, 6.07) is 0.230. The third-order valence-electron chi connectivity index (χ3n) is 3.03. The third-order valence-corrected chi connectivity index (χ3v) is 3.75. The molecule has 4 nitrogen and oxygen atoms in total. The summed E-state index contributed by atoms with van der Waals surface area (Å²) < 4.78 is 0. The molecule has 0 aliphatic heterocycles. The minimum atomic E-state index is -0.855. The van der Waals surface area contributed by atoms with E-state index >= 15 is 0 Å².